The molecule has 0 aromatic carbocycles. The van der Waals surface area contributed by atoms with Crippen LogP contribution in [0.2, 0.25) is 0 Å². The van der Waals surface area contributed by atoms with Gasteiger partial charge in [-0.2, -0.15) is 5.10 Å². The number of carbonyl (C=O) groups is 1. The van der Waals surface area contributed by atoms with Crippen molar-refractivity contribution in [3.8, 4) is 11.3 Å². The molecule has 0 aliphatic rings. The highest BCUT2D eigenvalue weighted by Crippen LogP contribution is 2.27. The van der Waals surface area contributed by atoms with Crippen molar-refractivity contribution in [2.24, 2.45) is 7.05 Å². The molecule has 102 valence electrons. The number of nitrogens with zero attached hydrogens (tertiary/aromatic N) is 5. The lowest BCUT2D eigenvalue weighted by atomic mass is 10.1. The molecule has 19 heavy (non-hydrogen) atoms. The van der Waals surface area contributed by atoms with Gasteiger partial charge in [-0.3, -0.25) is 4.68 Å². The van der Waals surface area contributed by atoms with Crippen LogP contribution in [0.1, 0.15) is 31.3 Å². The highest BCUT2D eigenvalue weighted by molar-refractivity contribution is 5.93. The standard InChI is InChI=1S/C12H17N5O2/c1-12(2,3)17-10(8-6-13-16(4)7-8)9(14-15-17)11(18)19-5/h6-7H,1-5H3. The Kier molecular flexibility index (Phi) is 3.13. The van der Waals surface area contributed by atoms with Crippen molar-refractivity contribution in [3.63, 3.8) is 0 Å². The molecule has 0 unspecified atom stereocenters. The van der Waals surface area contributed by atoms with E-state index in [0.717, 1.165) is 5.56 Å². The molecule has 0 amide bonds. The van der Waals surface area contributed by atoms with Gasteiger partial charge in [0, 0.05) is 18.8 Å². The predicted octanol–water partition coefficient (Wildman–Crippen LogP) is 1.22. The second-order valence-corrected chi connectivity index (χ2v) is 5.26. The topological polar surface area (TPSA) is 74.8 Å². The van der Waals surface area contributed by atoms with E-state index in [1.165, 1.54) is 7.11 Å². The van der Waals surface area contributed by atoms with Crippen molar-refractivity contribution in [1.82, 2.24) is 24.8 Å². The number of aryl methyl sites for hydroxylation is 1. The van der Waals surface area contributed by atoms with Gasteiger partial charge in [-0.05, 0) is 20.8 Å². The van der Waals surface area contributed by atoms with E-state index in [1.807, 2.05) is 34.0 Å². The van der Waals surface area contributed by atoms with Gasteiger partial charge in [0.2, 0.25) is 0 Å². The first-order valence-corrected chi connectivity index (χ1v) is 5.88. The molecule has 2 heterocycles. The number of rotatable bonds is 2. The molecular weight excluding hydrogens is 246 g/mol. The molecule has 0 saturated heterocycles. The quantitative estimate of drug-likeness (QED) is 0.761. The SMILES string of the molecule is COC(=O)c1nnn(C(C)(C)C)c1-c1cnn(C)c1. The van der Waals surface area contributed by atoms with Gasteiger partial charge < -0.3 is 4.74 Å². The summed E-state index contributed by atoms with van der Waals surface area (Å²) in [5.74, 6) is -0.505. The molecule has 2 aromatic rings. The molecule has 7 heteroatoms. The minimum absolute atomic E-state index is 0.199. The first-order chi connectivity index (χ1) is 8.84. The van der Waals surface area contributed by atoms with Crippen LogP contribution in [0.5, 0.6) is 0 Å². The molecule has 0 atom stereocenters. The third-order valence-corrected chi connectivity index (χ3v) is 2.66. The number of aromatic nitrogens is 5. The van der Waals surface area contributed by atoms with E-state index < -0.39 is 5.97 Å². The maximum Gasteiger partial charge on any atom is 0.360 e. The molecule has 0 bridgehead atoms. The van der Waals surface area contributed by atoms with Crippen molar-refractivity contribution in [2.45, 2.75) is 26.3 Å². The molecule has 0 spiro atoms. The predicted molar refractivity (Wildman–Crippen MR) is 68.6 cm³/mol. The highest BCUT2D eigenvalue weighted by atomic mass is 16.5. The average Bonchev–Trinajstić information content (AvgIpc) is 2.92. The zero-order chi connectivity index (χ0) is 14.2. The number of ether oxygens (including phenoxy) is 1. The molecule has 0 radical (unpaired) electrons. The van der Waals surface area contributed by atoms with Crippen LogP contribution in [0.25, 0.3) is 11.3 Å². The van der Waals surface area contributed by atoms with Gasteiger partial charge in [-0.1, -0.05) is 5.21 Å². The van der Waals surface area contributed by atoms with Crippen LogP contribution in [0, 0.1) is 0 Å². The van der Waals surface area contributed by atoms with Crippen molar-refractivity contribution in [3.05, 3.63) is 18.1 Å². The van der Waals surface area contributed by atoms with Crippen LogP contribution in [-0.2, 0) is 17.3 Å². The van der Waals surface area contributed by atoms with Crippen LogP contribution in [0.3, 0.4) is 0 Å². The van der Waals surface area contributed by atoms with Gasteiger partial charge in [0.05, 0.1) is 18.8 Å². The fourth-order valence-electron chi connectivity index (χ4n) is 1.79. The summed E-state index contributed by atoms with van der Waals surface area (Å²) < 4.78 is 8.12. The summed E-state index contributed by atoms with van der Waals surface area (Å²) in [5.41, 5.74) is 1.30. The van der Waals surface area contributed by atoms with Crippen LogP contribution < -0.4 is 0 Å². The van der Waals surface area contributed by atoms with Crippen LogP contribution in [0.4, 0.5) is 0 Å². The summed E-state index contributed by atoms with van der Waals surface area (Å²) in [6, 6.07) is 0. The number of esters is 1. The first kappa shape index (κ1) is 13.3. The van der Waals surface area contributed by atoms with E-state index in [9.17, 15) is 4.79 Å². The summed E-state index contributed by atoms with van der Waals surface area (Å²) in [4.78, 5) is 11.8. The van der Waals surface area contributed by atoms with Gasteiger partial charge in [0.15, 0.2) is 5.69 Å². The molecule has 2 rings (SSSR count). The summed E-state index contributed by atoms with van der Waals surface area (Å²) in [5, 5.41) is 12.1. The Hall–Kier alpha value is -2.18. The minimum Gasteiger partial charge on any atom is -0.464 e. The van der Waals surface area contributed by atoms with Crippen LogP contribution in [0.15, 0.2) is 12.4 Å². The number of carbonyl (C=O) groups excluding carboxylic acids is 1. The van der Waals surface area contributed by atoms with E-state index in [-0.39, 0.29) is 11.2 Å². The largest absolute Gasteiger partial charge is 0.464 e. The number of hydrogen-bond donors (Lipinski definition) is 0. The lowest BCUT2D eigenvalue weighted by molar-refractivity contribution is 0.0595. The van der Waals surface area contributed by atoms with Crippen LogP contribution in [-0.4, -0.2) is 37.9 Å². The van der Waals surface area contributed by atoms with Crippen molar-refractivity contribution in [1.29, 1.82) is 0 Å². The molecule has 0 aliphatic heterocycles. The molecule has 0 fully saturated rings. The summed E-state index contributed by atoms with van der Waals surface area (Å²) >= 11 is 0. The molecule has 0 aliphatic carbocycles. The van der Waals surface area contributed by atoms with Gasteiger partial charge in [0.1, 0.15) is 5.69 Å². The Bertz CT molecular complexity index is 606. The fraction of sp³-hybridized carbons (Fsp3) is 0.500. The molecule has 0 N–H and O–H groups in total. The van der Waals surface area contributed by atoms with E-state index in [2.05, 4.69) is 15.4 Å². The molecule has 0 saturated carbocycles. The zero-order valence-electron chi connectivity index (χ0n) is 11.7. The lowest BCUT2D eigenvalue weighted by Crippen LogP contribution is -2.24. The minimum atomic E-state index is -0.505. The van der Waals surface area contributed by atoms with E-state index in [4.69, 9.17) is 4.74 Å². The van der Waals surface area contributed by atoms with Gasteiger partial charge >= 0.3 is 5.97 Å². The summed E-state index contributed by atoms with van der Waals surface area (Å²) in [6.45, 7) is 5.97. The third-order valence-electron chi connectivity index (χ3n) is 2.66. The zero-order valence-corrected chi connectivity index (χ0v) is 11.7. The van der Waals surface area contributed by atoms with Gasteiger partial charge in [-0.25, -0.2) is 9.48 Å². The average molecular weight is 263 g/mol. The molecular formula is C12H17N5O2. The van der Waals surface area contributed by atoms with Gasteiger partial charge in [0.25, 0.3) is 0 Å². The van der Waals surface area contributed by atoms with E-state index in [0.29, 0.717) is 5.69 Å². The van der Waals surface area contributed by atoms with Gasteiger partial charge in [-0.15, -0.1) is 5.10 Å². The Morgan fingerprint density at radius 3 is 2.53 bits per heavy atom. The number of methoxy groups -OCH3 is 1. The monoisotopic (exact) mass is 263 g/mol. The smallest absolute Gasteiger partial charge is 0.360 e. The second kappa shape index (κ2) is 4.49. The lowest BCUT2D eigenvalue weighted by Gasteiger charge is -2.20. The molecule has 7 nitrogen and oxygen atoms in total. The Morgan fingerprint density at radius 2 is 2.05 bits per heavy atom. The highest BCUT2D eigenvalue weighted by Gasteiger charge is 2.28. The maximum atomic E-state index is 11.8. The summed E-state index contributed by atoms with van der Waals surface area (Å²) in [6.07, 6.45) is 3.49. The number of hydrogen-bond acceptors (Lipinski definition) is 5. The molecule has 2 aromatic heterocycles. The van der Waals surface area contributed by atoms with E-state index >= 15 is 0 Å². The van der Waals surface area contributed by atoms with Crippen LogP contribution >= 0.6 is 0 Å². The Balaban J connectivity index is 2.66. The Labute approximate surface area is 111 Å². The second-order valence-electron chi connectivity index (χ2n) is 5.26. The van der Waals surface area contributed by atoms with Crippen molar-refractivity contribution in [2.75, 3.05) is 7.11 Å². The first-order valence-electron chi connectivity index (χ1n) is 5.88. The third kappa shape index (κ3) is 2.35. The van der Waals surface area contributed by atoms with Crippen molar-refractivity contribution < 1.29 is 9.53 Å². The fourth-order valence-corrected chi connectivity index (χ4v) is 1.79. The maximum absolute atomic E-state index is 11.8. The summed E-state index contributed by atoms with van der Waals surface area (Å²) in [7, 11) is 3.14. The van der Waals surface area contributed by atoms with Crippen molar-refractivity contribution >= 4 is 5.97 Å². The Morgan fingerprint density at radius 1 is 1.37 bits per heavy atom. The van der Waals surface area contributed by atoms with E-state index in [1.54, 1.807) is 15.6 Å². The normalized spacial score (nSPS) is 11.6.